The minimum atomic E-state index is 0.0464. The molecular weight excluding hydrogens is 396 g/mol. The third-order valence-electron chi connectivity index (χ3n) is 6.32. The second kappa shape index (κ2) is 9.37. The molecule has 0 saturated carbocycles. The van der Waals surface area contributed by atoms with E-state index in [0.717, 1.165) is 35.1 Å². The molecule has 5 heteroatoms. The highest BCUT2D eigenvalue weighted by atomic mass is 16.2. The van der Waals surface area contributed by atoms with Crippen LogP contribution in [0.3, 0.4) is 0 Å². The number of carbonyl (C=O) groups excluding carboxylic acids is 1. The Morgan fingerprint density at radius 3 is 2.50 bits per heavy atom. The van der Waals surface area contributed by atoms with Crippen molar-refractivity contribution in [3.63, 3.8) is 0 Å². The summed E-state index contributed by atoms with van der Waals surface area (Å²) in [6.45, 7) is 0.942. The number of hydrogen-bond acceptors (Lipinski definition) is 2. The number of quaternary nitrogens is 1. The van der Waals surface area contributed by atoms with Crippen molar-refractivity contribution in [3.8, 4) is 11.3 Å². The number of aryl methyl sites for hydroxylation is 1. The summed E-state index contributed by atoms with van der Waals surface area (Å²) >= 11 is 0. The predicted molar refractivity (Wildman–Crippen MR) is 129 cm³/mol. The normalized spacial score (nSPS) is 15.1. The van der Waals surface area contributed by atoms with Crippen LogP contribution in [-0.2, 0) is 13.5 Å². The van der Waals surface area contributed by atoms with Gasteiger partial charge in [-0.15, -0.1) is 0 Å². The summed E-state index contributed by atoms with van der Waals surface area (Å²) in [6.07, 6.45) is 12.1. The van der Waals surface area contributed by atoms with Crippen LogP contribution in [0.1, 0.15) is 22.3 Å². The van der Waals surface area contributed by atoms with Crippen LogP contribution in [-0.4, -0.2) is 51.8 Å². The highest BCUT2D eigenvalue weighted by molar-refractivity contribution is 5.95. The molecule has 0 saturated heterocycles. The Kier molecular flexibility index (Phi) is 6.37. The van der Waals surface area contributed by atoms with E-state index in [1.54, 1.807) is 6.20 Å². The average Bonchev–Trinajstić information content (AvgIpc) is 3.45. The van der Waals surface area contributed by atoms with E-state index >= 15 is 0 Å². The molecule has 1 amide bonds. The van der Waals surface area contributed by atoms with E-state index in [9.17, 15) is 4.79 Å². The van der Waals surface area contributed by atoms with E-state index in [2.05, 4.69) is 61.0 Å². The van der Waals surface area contributed by atoms with Crippen LogP contribution in [0, 0.1) is 0 Å². The average molecular weight is 428 g/mol. The Balaban J connectivity index is 1.56. The van der Waals surface area contributed by atoms with Crippen LogP contribution in [0.15, 0.2) is 91.4 Å². The predicted octanol–water partition coefficient (Wildman–Crippen LogP) is 4.65. The van der Waals surface area contributed by atoms with Crippen LogP contribution in [0.2, 0.25) is 0 Å². The molecule has 0 aliphatic carbocycles. The zero-order valence-corrected chi connectivity index (χ0v) is 19.1. The molecule has 0 spiro atoms. The van der Waals surface area contributed by atoms with Gasteiger partial charge in [0.1, 0.15) is 12.4 Å². The molecule has 0 fully saturated rings. The topological polar surface area (TPSA) is 38.1 Å². The van der Waals surface area contributed by atoms with E-state index in [1.165, 1.54) is 5.56 Å². The molecule has 164 valence electrons. The summed E-state index contributed by atoms with van der Waals surface area (Å²) in [5, 5.41) is 4.25. The van der Waals surface area contributed by atoms with Crippen LogP contribution >= 0.6 is 0 Å². The second-order valence-electron chi connectivity index (χ2n) is 8.72. The molecule has 32 heavy (non-hydrogen) atoms. The molecule has 5 nitrogen and oxygen atoms in total. The maximum absolute atomic E-state index is 13.5. The van der Waals surface area contributed by atoms with Crippen LogP contribution in [0.25, 0.3) is 11.3 Å². The smallest absolute Gasteiger partial charge is 0.253 e. The van der Waals surface area contributed by atoms with Gasteiger partial charge in [0.15, 0.2) is 0 Å². The lowest BCUT2D eigenvalue weighted by Crippen LogP contribution is -2.42. The van der Waals surface area contributed by atoms with Crippen LogP contribution < -0.4 is 0 Å². The van der Waals surface area contributed by atoms with Crippen LogP contribution in [0.5, 0.6) is 0 Å². The molecule has 0 N–H and O–H groups in total. The van der Waals surface area contributed by atoms with Gasteiger partial charge in [-0.05, 0) is 42.3 Å². The Bertz CT molecular complexity index is 1120. The number of rotatable bonds is 8. The largest absolute Gasteiger partial charge is 0.338 e. The number of allylic oxidation sites excluding steroid dienone is 2. The Morgan fingerprint density at radius 1 is 1.06 bits per heavy atom. The molecule has 3 aromatic rings. The number of hydrogen-bond donors (Lipinski definition) is 0. The molecule has 1 aliphatic rings. The van der Waals surface area contributed by atoms with E-state index in [0.29, 0.717) is 5.56 Å². The number of aromatic nitrogens is 2. The lowest BCUT2D eigenvalue weighted by Gasteiger charge is -2.32. The summed E-state index contributed by atoms with van der Waals surface area (Å²) in [6, 6.07) is 20.3. The van der Waals surface area contributed by atoms with E-state index in [4.69, 9.17) is 0 Å². The number of amides is 1. The van der Waals surface area contributed by atoms with Gasteiger partial charge in [0.05, 0.1) is 19.3 Å². The summed E-state index contributed by atoms with van der Waals surface area (Å²) in [4.78, 5) is 15.5. The number of benzene rings is 2. The van der Waals surface area contributed by atoms with Crippen molar-refractivity contribution in [1.29, 1.82) is 0 Å². The fraction of sp³-hybridized carbons (Fsp3) is 0.259. The maximum atomic E-state index is 13.5. The monoisotopic (exact) mass is 427 g/mol. The first kappa shape index (κ1) is 21.8. The minimum Gasteiger partial charge on any atom is -0.338 e. The summed E-state index contributed by atoms with van der Waals surface area (Å²) in [5.41, 5.74) is 3.93. The highest BCUT2D eigenvalue weighted by Gasteiger charge is 2.26. The Labute approximate surface area is 190 Å². The van der Waals surface area contributed by atoms with E-state index < -0.39 is 0 Å². The molecule has 0 radical (unpaired) electrons. The number of likely N-dealkylation sites (N-methyl/N-ethyl adjacent to an activating group) is 1. The van der Waals surface area contributed by atoms with Crippen molar-refractivity contribution >= 4 is 5.91 Å². The maximum Gasteiger partial charge on any atom is 0.253 e. The van der Waals surface area contributed by atoms with Gasteiger partial charge in [-0.25, -0.2) is 0 Å². The molecule has 2 heterocycles. The molecule has 4 rings (SSSR count). The fourth-order valence-corrected chi connectivity index (χ4v) is 4.28. The molecule has 1 atom stereocenters. The van der Waals surface area contributed by atoms with Gasteiger partial charge in [-0.1, -0.05) is 42.5 Å². The molecule has 0 bridgehead atoms. The SMILES string of the molecule is CN(C(=O)c1cccc(-c2ccnn2C)c1)C(CC[N+]1(C)C=CC=C1)Cc1ccccc1. The summed E-state index contributed by atoms with van der Waals surface area (Å²) in [7, 11) is 6.04. The number of carbonyl (C=O) groups is 1. The van der Waals surface area contributed by atoms with Gasteiger partial charge in [-0.3, -0.25) is 14.0 Å². The zero-order chi connectivity index (χ0) is 22.6. The first-order valence-corrected chi connectivity index (χ1v) is 11.1. The first-order valence-electron chi connectivity index (χ1n) is 11.1. The Morgan fingerprint density at radius 2 is 1.81 bits per heavy atom. The van der Waals surface area contributed by atoms with Crippen molar-refractivity contribution in [2.24, 2.45) is 7.05 Å². The minimum absolute atomic E-state index is 0.0464. The molecule has 1 aromatic heterocycles. The number of nitrogens with zero attached hydrogens (tertiary/aromatic N) is 4. The summed E-state index contributed by atoms with van der Waals surface area (Å²) in [5.74, 6) is 0.0464. The van der Waals surface area contributed by atoms with Gasteiger partial charge in [0, 0.05) is 43.9 Å². The van der Waals surface area contributed by atoms with Gasteiger partial charge >= 0.3 is 0 Å². The van der Waals surface area contributed by atoms with Gasteiger partial charge in [-0.2, -0.15) is 5.10 Å². The lowest BCUT2D eigenvalue weighted by atomic mass is 10.00. The standard InChI is InChI=1S/C27H31N4O/c1-29(27(32)24-13-9-12-23(21-24)26-14-16-28-30(26)2)25(20-22-10-5-4-6-11-22)15-19-31(3)17-7-8-18-31/h4-14,16-18,21,25H,15,19-20H2,1-3H3/q+1. The van der Waals surface area contributed by atoms with Crippen molar-refractivity contribution in [1.82, 2.24) is 14.7 Å². The molecule has 1 aliphatic heterocycles. The third-order valence-corrected chi connectivity index (χ3v) is 6.32. The van der Waals surface area contributed by atoms with Crippen LogP contribution in [0.4, 0.5) is 0 Å². The zero-order valence-electron chi connectivity index (χ0n) is 19.1. The molecule has 2 aromatic carbocycles. The van der Waals surface area contributed by atoms with Gasteiger partial charge in [0.2, 0.25) is 0 Å². The second-order valence-corrected chi connectivity index (χ2v) is 8.72. The first-order chi connectivity index (χ1) is 15.5. The van der Waals surface area contributed by atoms with Crippen molar-refractivity contribution in [3.05, 3.63) is 103 Å². The fourth-order valence-electron chi connectivity index (χ4n) is 4.28. The van der Waals surface area contributed by atoms with Crippen molar-refractivity contribution < 1.29 is 9.28 Å². The molecule has 1 unspecified atom stereocenters. The van der Waals surface area contributed by atoms with Crippen molar-refractivity contribution in [2.45, 2.75) is 18.9 Å². The lowest BCUT2D eigenvalue weighted by molar-refractivity contribution is -0.804. The van der Waals surface area contributed by atoms with E-state index in [1.807, 2.05) is 60.1 Å². The molecular formula is C27H31N4O+. The third kappa shape index (κ3) is 4.89. The summed E-state index contributed by atoms with van der Waals surface area (Å²) < 4.78 is 2.59. The van der Waals surface area contributed by atoms with Gasteiger partial charge < -0.3 is 4.90 Å². The highest BCUT2D eigenvalue weighted by Crippen LogP contribution is 2.23. The van der Waals surface area contributed by atoms with Crippen molar-refractivity contribution in [2.75, 3.05) is 20.6 Å². The van der Waals surface area contributed by atoms with E-state index in [-0.39, 0.29) is 11.9 Å². The quantitative estimate of drug-likeness (QED) is 0.491. The van der Waals surface area contributed by atoms with Gasteiger partial charge in [0.25, 0.3) is 5.91 Å². The Hall–Kier alpha value is -3.44.